The molecule has 1 N–H and O–H groups in total. The molecule has 2 rings (SSSR count). The number of hydrogen-bond acceptors (Lipinski definition) is 1. The molecule has 1 aromatic rings. The minimum atomic E-state index is -0.219. The van der Waals surface area contributed by atoms with Gasteiger partial charge < -0.3 is 5.11 Å². The van der Waals surface area contributed by atoms with Gasteiger partial charge in [-0.15, -0.1) is 0 Å². The Bertz CT molecular complexity index is 328. The lowest BCUT2D eigenvalue weighted by atomic mass is 9.84. The number of aliphatic hydroxyl groups is 1. The molecule has 0 heterocycles. The molecule has 0 saturated heterocycles. The first-order chi connectivity index (χ1) is 6.20. The number of fused-ring (bicyclic) bond motifs is 1. The van der Waals surface area contributed by atoms with Crippen molar-refractivity contribution >= 4 is 0 Å². The molecule has 0 amide bonds. The van der Waals surface area contributed by atoms with Crippen molar-refractivity contribution in [2.45, 2.75) is 39.2 Å². The van der Waals surface area contributed by atoms with Crippen LogP contribution in [-0.2, 0) is 6.42 Å². The molecular formula is C12H16O. The van der Waals surface area contributed by atoms with E-state index in [1.807, 2.05) is 0 Å². The molecular weight excluding hydrogens is 160 g/mol. The van der Waals surface area contributed by atoms with Crippen LogP contribution in [0.3, 0.4) is 0 Å². The standard InChI is InChI=1S/C12H16O/c1-8-6-7-9(2)12-10(8)4-3-5-11(12)13/h6-7,11,13H,3-5H2,1-2H3. The monoisotopic (exact) mass is 176 g/mol. The van der Waals surface area contributed by atoms with Gasteiger partial charge in [-0.25, -0.2) is 0 Å². The first-order valence-electron chi connectivity index (χ1n) is 4.97. The zero-order chi connectivity index (χ0) is 9.42. The Morgan fingerprint density at radius 2 is 1.92 bits per heavy atom. The maximum atomic E-state index is 9.87. The van der Waals surface area contributed by atoms with Gasteiger partial charge in [0.1, 0.15) is 0 Å². The zero-order valence-electron chi connectivity index (χ0n) is 8.30. The summed E-state index contributed by atoms with van der Waals surface area (Å²) >= 11 is 0. The van der Waals surface area contributed by atoms with Crippen LogP contribution in [-0.4, -0.2) is 5.11 Å². The highest BCUT2D eigenvalue weighted by Gasteiger charge is 2.20. The maximum absolute atomic E-state index is 9.87. The average Bonchev–Trinajstić information content (AvgIpc) is 2.12. The van der Waals surface area contributed by atoms with Crippen LogP contribution in [0.4, 0.5) is 0 Å². The molecule has 1 heteroatoms. The smallest absolute Gasteiger partial charge is 0.0795 e. The minimum Gasteiger partial charge on any atom is -0.388 e. The summed E-state index contributed by atoms with van der Waals surface area (Å²) in [5, 5.41) is 9.87. The SMILES string of the molecule is Cc1ccc(C)c2c1CCCC2O. The second-order valence-electron chi connectivity index (χ2n) is 4.00. The van der Waals surface area contributed by atoms with Crippen LogP contribution in [0.1, 0.15) is 41.2 Å². The average molecular weight is 176 g/mol. The topological polar surface area (TPSA) is 20.2 Å². The fourth-order valence-corrected chi connectivity index (χ4v) is 2.30. The normalized spacial score (nSPS) is 21.3. The number of aryl methyl sites for hydroxylation is 2. The van der Waals surface area contributed by atoms with Crippen molar-refractivity contribution in [2.24, 2.45) is 0 Å². The van der Waals surface area contributed by atoms with Crippen LogP contribution in [0.5, 0.6) is 0 Å². The third kappa shape index (κ3) is 1.37. The Morgan fingerprint density at radius 3 is 2.62 bits per heavy atom. The molecule has 1 atom stereocenters. The Labute approximate surface area is 79.4 Å². The lowest BCUT2D eigenvalue weighted by molar-refractivity contribution is 0.155. The second-order valence-corrected chi connectivity index (χ2v) is 4.00. The molecule has 0 saturated carbocycles. The summed E-state index contributed by atoms with van der Waals surface area (Å²) in [6, 6.07) is 4.27. The summed E-state index contributed by atoms with van der Waals surface area (Å²) in [6.45, 7) is 4.23. The fourth-order valence-electron chi connectivity index (χ4n) is 2.30. The molecule has 1 aliphatic rings. The van der Waals surface area contributed by atoms with E-state index in [0.29, 0.717) is 0 Å². The predicted molar refractivity (Wildman–Crippen MR) is 53.8 cm³/mol. The van der Waals surface area contributed by atoms with Crippen molar-refractivity contribution in [3.05, 3.63) is 34.4 Å². The maximum Gasteiger partial charge on any atom is 0.0795 e. The van der Waals surface area contributed by atoms with E-state index in [1.165, 1.54) is 22.3 Å². The van der Waals surface area contributed by atoms with E-state index in [-0.39, 0.29) is 6.10 Å². The molecule has 0 aromatic heterocycles. The van der Waals surface area contributed by atoms with E-state index in [2.05, 4.69) is 26.0 Å². The van der Waals surface area contributed by atoms with Crippen molar-refractivity contribution < 1.29 is 5.11 Å². The second kappa shape index (κ2) is 3.15. The summed E-state index contributed by atoms with van der Waals surface area (Å²) in [4.78, 5) is 0. The van der Waals surface area contributed by atoms with Crippen LogP contribution in [0, 0.1) is 13.8 Å². The van der Waals surface area contributed by atoms with Crippen LogP contribution in [0.15, 0.2) is 12.1 Å². The van der Waals surface area contributed by atoms with E-state index in [0.717, 1.165) is 19.3 Å². The van der Waals surface area contributed by atoms with Gasteiger partial charge >= 0.3 is 0 Å². The van der Waals surface area contributed by atoms with Gasteiger partial charge in [0, 0.05) is 0 Å². The summed E-state index contributed by atoms with van der Waals surface area (Å²) in [7, 11) is 0. The number of benzene rings is 1. The summed E-state index contributed by atoms with van der Waals surface area (Å²) in [5.74, 6) is 0. The molecule has 70 valence electrons. The minimum absolute atomic E-state index is 0.219. The Balaban J connectivity index is 2.60. The number of rotatable bonds is 0. The summed E-state index contributed by atoms with van der Waals surface area (Å²) in [6.07, 6.45) is 2.97. The van der Waals surface area contributed by atoms with Crippen molar-refractivity contribution in [2.75, 3.05) is 0 Å². The van der Waals surface area contributed by atoms with E-state index in [1.54, 1.807) is 0 Å². The van der Waals surface area contributed by atoms with Crippen molar-refractivity contribution in [1.82, 2.24) is 0 Å². The van der Waals surface area contributed by atoms with Crippen LogP contribution < -0.4 is 0 Å². The van der Waals surface area contributed by atoms with Gasteiger partial charge in [-0.3, -0.25) is 0 Å². The molecule has 1 aliphatic carbocycles. The largest absolute Gasteiger partial charge is 0.388 e. The van der Waals surface area contributed by atoms with Gasteiger partial charge in [0.2, 0.25) is 0 Å². The van der Waals surface area contributed by atoms with Crippen LogP contribution >= 0.6 is 0 Å². The third-order valence-corrected chi connectivity index (χ3v) is 3.05. The predicted octanol–water partition coefficient (Wildman–Crippen LogP) is 2.67. The van der Waals surface area contributed by atoms with Gasteiger partial charge in [0.15, 0.2) is 0 Å². The van der Waals surface area contributed by atoms with Crippen molar-refractivity contribution in [3.8, 4) is 0 Å². The number of aliphatic hydroxyl groups excluding tert-OH is 1. The van der Waals surface area contributed by atoms with E-state index >= 15 is 0 Å². The van der Waals surface area contributed by atoms with Gasteiger partial charge in [-0.2, -0.15) is 0 Å². The van der Waals surface area contributed by atoms with Gasteiger partial charge in [0.05, 0.1) is 6.10 Å². The van der Waals surface area contributed by atoms with Gasteiger partial charge in [-0.1, -0.05) is 12.1 Å². The molecule has 0 radical (unpaired) electrons. The summed E-state index contributed by atoms with van der Waals surface area (Å²) in [5.41, 5.74) is 5.16. The molecule has 1 aromatic carbocycles. The number of hydrogen-bond donors (Lipinski definition) is 1. The highest BCUT2D eigenvalue weighted by molar-refractivity contribution is 5.42. The van der Waals surface area contributed by atoms with Gasteiger partial charge in [0.25, 0.3) is 0 Å². The fraction of sp³-hybridized carbons (Fsp3) is 0.500. The lowest BCUT2D eigenvalue weighted by Gasteiger charge is -2.24. The van der Waals surface area contributed by atoms with E-state index in [4.69, 9.17) is 0 Å². The Kier molecular flexibility index (Phi) is 2.12. The third-order valence-electron chi connectivity index (χ3n) is 3.05. The highest BCUT2D eigenvalue weighted by Crippen LogP contribution is 2.33. The molecule has 1 nitrogen and oxygen atoms in total. The first-order valence-corrected chi connectivity index (χ1v) is 4.97. The van der Waals surface area contributed by atoms with Crippen molar-refractivity contribution in [3.63, 3.8) is 0 Å². The summed E-state index contributed by atoms with van der Waals surface area (Å²) < 4.78 is 0. The zero-order valence-corrected chi connectivity index (χ0v) is 8.30. The molecule has 0 spiro atoms. The lowest BCUT2D eigenvalue weighted by Crippen LogP contribution is -2.12. The quantitative estimate of drug-likeness (QED) is 0.644. The van der Waals surface area contributed by atoms with Gasteiger partial charge in [-0.05, 0) is 55.4 Å². The van der Waals surface area contributed by atoms with E-state index in [9.17, 15) is 5.11 Å². The van der Waals surface area contributed by atoms with Crippen LogP contribution in [0.2, 0.25) is 0 Å². The molecule has 13 heavy (non-hydrogen) atoms. The molecule has 1 unspecified atom stereocenters. The first kappa shape index (κ1) is 8.76. The molecule has 0 bridgehead atoms. The van der Waals surface area contributed by atoms with E-state index < -0.39 is 0 Å². The Morgan fingerprint density at radius 1 is 1.23 bits per heavy atom. The van der Waals surface area contributed by atoms with Crippen molar-refractivity contribution in [1.29, 1.82) is 0 Å². The molecule has 0 aliphatic heterocycles. The Hall–Kier alpha value is -0.820. The molecule has 0 fully saturated rings. The highest BCUT2D eigenvalue weighted by atomic mass is 16.3. The van der Waals surface area contributed by atoms with Crippen LogP contribution in [0.25, 0.3) is 0 Å².